The molecule has 2 aromatic rings. The number of benzene rings is 1. The SMILES string of the molecule is COc1ccc(N2CCN(CCCC(=O)N3CCC(Nc4ccc(Cl)c(SC(F)(F)F)c4)CC3)CC2)cn1. The first-order valence-electron chi connectivity index (χ1n) is 12.8. The molecule has 7 nitrogen and oxygen atoms in total. The molecule has 2 aliphatic heterocycles. The van der Waals surface area contributed by atoms with Gasteiger partial charge in [-0.15, -0.1) is 0 Å². The normalized spacial score (nSPS) is 17.5. The molecule has 1 amide bonds. The van der Waals surface area contributed by atoms with Gasteiger partial charge in [-0.2, -0.15) is 13.2 Å². The van der Waals surface area contributed by atoms with Crippen LogP contribution in [0.15, 0.2) is 41.4 Å². The van der Waals surface area contributed by atoms with Crippen LogP contribution in [0.5, 0.6) is 5.88 Å². The van der Waals surface area contributed by atoms with Gasteiger partial charge in [0.15, 0.2) is 0 Å². The van der Waals surface area contributed by atoms with Gasteiger partial charge in [-0.05, 0) is 61.8 Å². The number of hydrogen-bond donors (Lipinski definition) is 1. The molecule has 3 heterocycles. The van der Waals surface area contributed by atoms with Gasteiger partial charge < -0.3 is 19.9 Å². The van der Waals surface area contributed by atoms with Crippen molar-refractivity contribution in [3.63, 3.8) is 0 Å². The number of halogens is 4. The Morgan fingerprint density at radius 1 is 1.13 bits per heavy atom. The zero-order valence-corrected chi connectivity index (χ0v) is 22.9. The predicted molar refractivity (Wildman–Crippen MR) is 145 cm³/mol. The first kappa shape index (κ1) is 28.6. The fraction of sp³-hybridized carbons (Fsp3) is 0.538. The van der Waals surface area contributed by atoms with E-state index >= 15 is 0 Å². The fourth-order valence-corrected chi connectivity index (χ4v) is 5.66. The smallest absolute Gasteiger partial charge is 0.446 e. The molecule has 2 fully saturated rings. The topological polar surface area (TPSA) is 60.9 Å². The highest BCUT2D eigenvalue weighted by Crippen LogP contribution is 2.41. The third-order valence-corrected chi connectivity index (χ3v) is 8.14. The van der Waals surface area contributed by atoms with Crippen molar-refractivity contribution in [3.05, 3.63) is 41.6 Å². The van der Waals surface area contributed by atoms with Crippen molar-refractivity contribution in [2.75, 3.05) is 63.1 Å². The molecule has 1 N–H and O–H groups in total. The molecule has 4 rings (SSSR count). The Labute approximate surface area is 230 Å². The Morgan fingerprint density at radius 2 is 1.87 bits per heavy atom. The number of pyridine rings is 1. The average Bonchev–Trinajstić information content (AvgIpc) is 2.90. The highest BCUT2D eigenvalue weighted by Gasteiger charge is 2.31. The van der Waals surface area contributed by atoms with Gasteiger partial charge in [0.2, 0.25) is 11.8 Å². The largest absolute Gasteiger partial charge is 0.481 e. The molecule has 2 saturated heterocycles. The maximum Gasteiger partial charge on any atom is 0.446 e. The zero-order chi connectivity index (χ0) is 27.1. The number of alkyl halides is 3. The van der Waals surface area contributed by atoms with Crippen LogP contribution in [0.3, 0.4) is 0 Å². The zero-order valence-electron chi connectivity index (χ0n) is 21.3. The lowest BCUT2D eigenvalue weighted by atomic mass is 10.0. The summed E-state index contributed by atoms with van der Waals surface area (Å²) in [5, 5.41) is 3.38. The van der Waals surface area contributed by atoms with Crippen LogP contribution in [-0.2, 0) is 4.79 Å². The van der Waals surface area contributed by atoms with Gasteiger partial charge in [0, 0.05) is 68.4 Å². The van der Waals surface area contributed by atoms with E-state index in [1.54, 1.807) is 13.2 Å². The molecule has 0 saturated carbocycles. The number of nitrogens with zero attached hydrogens (tertiary/aromatic N) is 4. The quantitative estimate of drug-likeness (QED) is 0.407. The molecule has 0 bridgehead atoms. The van der Waals surface area contributed by atoms with E-state index in [9.17, 15) is 18.0 Å². The minimum Gasteiger partial charge on any atom is -0.481 e. The third-order valence-electron chi connectivity index (χ3n) is 6.91. The molecule has 208 valence electrons. The molecular weight excluding hydrogens is 539 g/mol. The number of piperidine rings is 1. The van der Waals surface area contributed by atoms with Crippen LogP contribution in [0.2, 0.25) is 5.02 Å². The van der Waals surface area contributed by atoms with Crippen molar-refractivity contribution in [3.8, 4) is 5.88 Å². The van der Waals surface area contributed by atoms with E-state index in [4.69, 9.17) is 16.3 Å². The average molecular weight is 572 g/mol. The molecule has 0 spiro atoms. The number of nitrogens with one attached hydrogen (secondary N) is 1. The number of anilines is 2. The van der Waals surface area contributed by atoms with Crippen molar-refractivity contribution in [2.45, 2.75) is 42.1 Å². The Bertz CT molecular complexity index is 1060. The third kappa shape index (κ3) is 8.31. The Kier molecular flexibility index (Phi) is 9.89. The second-order valence-corrected chi connectivity index (χ2v) is 11.0. The van der Waals surface area contributed by atoms with Gasteiger partial charge in [-0.1, -0.05) is 11.6 Å². The van der Waals surface area contributed by atoms with E-state index in [0.717, 1.165) is 57.7 Å². The molecule has 0 radical (unpaired) electrons. The van der Waals surface area contributed by atoms with Crippen molar-refractivity contribution >= 4 is 40.6 Å². The van der Waals surface area contributed by atoms with Crippen molar-refractivity contribution in [1.82, 2.24) is 14.8 Å². The number of ether oxygens (including phenoxy) is 1. The highest BCUT2D eigenvalue weighted by atomic mass is 35.5. The molecule has 1 aromatic heterocycles. The number of aromatic nitrogens is 1. The van der Waals surface area contributed by atoms with Crippen LogP contribution >= 0.6 is 23.4 Å². The summed E-state index contributed by atoms with van der Waals surface area (Å²) < 4.78 is 43.4. The lowest BCUT2D eigenvalue weighted by Gasteiger charge is -2.36. The molecular formula is C26H33ClF3N5O2S. The standard InChI is InChI=1S/C26H33ClF3N5O2S/c1-37-24-7-5-21(18-31-24)34-15-13-33(14-16-34)10-2-3-25(36)35-11-8-19(9-12-35)32-20-4-6-22(27)23(17-20)38-26(28,29)30/h4-7,17-19,32H,2-3,8-16H2,1H3. The number of methoxy groups -OCH3 is 1. The summed E-state index contributed by atoms with van der Waals surface area (Å²) in [6, 6.07) is 8.60. The summed E-state index contributed by atoms with van der Waals surface area (Å²) >= 11 is 5.72. The van der Waals surface area contributed by atoms with Crippen molar-refractivity contribution in [1.29, 1.82) is 0 Å². The first-order valence-corrected chi connectivity index (χ1v) is 14.0. The number of piperazine rings is 1. The van der Waals surface area contributed by atoms with Crippen LogP contribution < -0.4 is 15.0 Å². The minimum absolute atomic E-state index is 0.0177. The maximum atomic E-state index is 12.8. The van der Waals surface area contributed by atoms with Crippen LogP contribution in [0.25, 0.3) is 0 Å². The molecule has 0 unspecified atom stereocenters. The maximum absolute atomic E-state index is 12.8. The second-order valence-electron chi connectivity index (χ2n) is 9.48. The number of carbonyl (C=O) groups is 1. The molecule has 1 aromatic carbocycles. The van der Waals surface area contributed by atoms with E-state index in [0.29, 0.717) is 31.1 Å². The van der Waals surface area contributed by atoms with Gasteiger partial charge in [-0.25, -0.2) is 4.98 Å². The lowest BCUT2D eigenvalue weighted by Crippen LogP contribution is -2.47. The summed E-state index contributed by atoms with van der Waals surface area (Å²) in [5.74, 6) is 0.776. The minimum atomic E-state index is -4.39. The fourth-order valence-electron chi connectivity index (χ4n) is 4.83. The number of thioether (sulfide) groups is 1. The summed E-state index contributed by atoms with van der Waals surface area (Å²) in [4.78, 5) is 23.6. The lowest BCUT2D eigenvalue weighted by molar-refractivity contribution is -0.132. The van der Waals surface area contributed by atoms with Crippen molar-refractivity contribution < 1.29 is 22.7 Å². The summed E-state index contributed by atoms with van der Waals surface area (Å²) in [5.41, 5.74) is -2.69. The van der Waals surface area contributed by atoms with Crippen LogP contribution in [0, 0.1) is 0 Å². The second kappa shape index (κ2) is 13.1. The van der Waals surface area contributed by atoms with Gasteiger partial charge in [0.25, 0.3) is 0 Å². The predicted octanol–water partition coefficient (Wildman–Crippen LogP) is 5.36. The van der Waals surface area contributed by atoms with Crippen LogP contribution in [0.4, 0.5) is 24.5 Å². The van der Waals surface area contributed by atoms with E-state index in [2.05, 4.69) is 20.1 Å². The Hall–Kier alpha value is -2.37. The number of hydrogen-bond acceptors (Lipinski definition) is 7. The summed E-state index contributed by atoms with van der Waals surface area (Å²) in [7, 11) is 1.61. The Morgan fingerprint density at radius 3 is 2.50 bits per heavy atom. The van der Waals surface area contributed by atoms with E-state index in [1.165, 1.54) is 12.1 Å². The molecule has 12 heteroatoms. The summed E-state index contributed by atoms with van der Waals surface area (Å²) in [6.07, 6.45) is 4.68. The van der Waals surface area contributed by atoms with Crippen molar-refractivity contribution in [2.24, 2.45) is 0 Å². The van der Waals surface area contributed by atoms with Gasteiger partial charge >= 0.3 is 5.51 Å². The van der Waals surface area contributed by atoms with E-state index in [-0.39, 0.29) is 33.6 Å². The van der Waals surface area contributed by atoms with Gasteiger partial charge in [-0.3, -0.25) is 9.69 Å². The molecule has 38 heavy (non-hydrogen) atoms. The number of carbonyl (C=O) groups excluding carboxylic acids is 1. The van der Waals surface area contributed by atoms with E-state index in [1.807, 2.05) is 23.2 Å². The van der Waals surface area contributed by atoms with Crippen LogP contribution in [0.1, 0.15) is 25.7 Å². The highest BCUT2D eigenvalue weighted by molar-refractivity contribution is 8.00. The molecule has 2 aliphatic rings. The van der Waals surface area contributed by atoms with Gasteiger partial charge in [0.05, 0.1) is 24.0 Å². The molecule has 0 atom stereocenters. The number of likely N-dealkylation sites (tertiary alicyclic amines) is 1. The van der Waals surface area contributed by atoms with E-state index < -0.39 is 5.51 Å². The number of amides is 1. The monoisotopic (exact) mass is 571 g/mol. The number of rotatable bonds is 9. The molecule has 0 aliphatic carbocycles. The summed E-state index contributed by atoms with van der Waals surface area (Å²) in [6.45, 7) is 5.92. The first-order chi connectivity index (χ1) is 18.2. The van der Waals surface area contributed by atoms with Crippen LogP contribution in [-0.4, -0.2) is 85.2 Å². The van der Waals surface area contributed by atoms with Gasteiger partial charge in [0.1, 0.15) is 0 Å². The Balaban J connectivity index is 1.13.